The third-order valence-electron chi connectivity index (χ3n) is 4.81. The third-order valence-corrected chi connectivity index (χ3v) is 4.81. The van der Waals surface area contributed by atoms with E-state index in [1.165, 1.54) is 12.1 Å². The largest absolute Gasteiger partial charge is 0.416 e. The summed E-state index contributed by atoms with van der Waals surface area (Å²) in [6.45, 7) is 0. The summed E-state index contributed by atoms with van der Waals surface area (Å²) in [7, 11) is 0. The summed E-state index contributed by atoms with van der Waals surface area (Å²) in [6, 6.07) is 18.3. The van der Waals surface area contributed by atoms with Gasteiger partial charge in [-0.2, -0.15) is 23.4 Å². The number of aromatic nitrogens is 5. The first kappa shape index (κ1) is 18.1. The number of aromatic amines is 1. The fourth-order valence-electron chi connectivity index (χ4n) is 3.27. The van der Waals surface area contributed by atoms with E-state index in [9.17, 15) is 13.2 Å². The first-order chi connectivity index (χ1) is 14.5. The van der Waals surface area contributed by atoms with Crippen LogP contribution in [0, 0.1) is 0 Å². The van der Waals surface area contributed by atoms with Gasteiger partial charge in [-0.25, -0.2) is 9.50 Å². The van der Waals surface area contributed by atoms with E-state index in [0.717, 1.165) is 34.6 Å². The molecule has 0 spiro atoms. The zero-order chi connectivity index (χ0) is 20.7. The molecule has 0 amide bonds. The molecule has 8 heteroatoms. The molecular formula is C22H14F3N5. The van der Waals surface area contributed by atoms with Gasteiger partial charge in [0.2, 0.25) is 0 Å². The fraction of sp³-hybridized carbons (Fsp3) is 0.0455. The van der Waals surface area contributed by atoms with Crippen LogP contribution < -0.4 is 0 Å². The summed E-state index contributed by atoms with van der Waals surface area (Å²) in [5, 5.41) is 11.7. The second kappa shape index (κ2) is 6.84. The van der Waals surface area contributed by atoms with Crippen LogP contribution in [0.5, 0.6) is 0 Å². The molecule has 2 aromatic carbocycles. The Balaban J connectivity index is 1.53. The second-order valence-electron chi connectivity index (χ2n) is 6.75. The maximum absolute atomic E-state index is 12.8. The van der Waals surface area contributed by atoms with E-state index in [0.29, 0.717) is 16.9 Å². The van der Waals surface area contributed by atoms with Crippen molar-refractivity contribution in [2.24, 2.45) is 0 Å². The summed E-state index contributed by atoms with van der Waals surface area (Å²) in [4.78, 5) is 4.63. The van der Waals surface area contributed by atoms with Crippen LogP contribution in [-0.2, 0) is 6.18 Å². The minimum atomic E-state index is -4.37. The Bertz CT molecular complexity index is 1320. The molecule has 30 heavy (non-hydrogen) atoms. The van der Waals surface area contributed by atoms with Crippen molar-refractivity contribution in [1.82, 2.24) is 24.8 Å². The molecule has 3 aromatic heterocycles. The maximum Gasteiger partial charge on any atom is 0.416 e. The normalized spacial score (nSPS) is 11.8. The average molecular weight is 405 g/mol. The van der Waals surface area contributed by atoms with E-state index in [-0.39, 0.29) is 0 Å². The van der Waals surface area contributed by atoms with Gasteiger partial charge < -0.3 is 0 Å². The van der Waals surface area contributed by atoms with Gasteiger partial charge in [-0.05, 0) is 24.3 Å². The molecule has 5 aromatic rings. The van der Waals surface area contributed by atoms with Crippen LogP contribution >= 0.6 is 0 Å². The summed E-state index contributed by atoms with van der Waals surface area (Å²) in [6.07, 6.45) is -0.958. The minimum absolute atomic E-state index is 0.556. The smallest absolute Gasteiger partial charge is 0.277 e. The number of fused-ring (bicyclic) bond motifs is 1. The number of hydrogen-bond donors (Lipinski definition) is 1. The summed E-state index contributed by atoms with van der Waals surface area (Å²) in [5.74, 6) is 0. The lowest BCUT2D eigenvalue weighted by Crippen LogP contribution is -2.04. The lowest BCUT2D eigenvalue weighted by molar-refractivity contribution is -0.137. The van der Waals surface area contributed by atoms with Crippen molar-refractivity contribution in [3.63, 3.8) is 0 Å². The number of H-pyrrole nitrogens is 1. The number of nitrogens with zero attached hydrogens (tertiary/aromatic N) is 4. The molecule has 0 bridgehead atoms. The van der Waals surface area contributed by atoms with E-state index in [1.54, 1.807) is 23.0 Å². The highest BCUT2D eigenvalue weighted by Crippen LogP contribution is 2.31. The van der Waals surface area contributed by atoms with Gasteiger partial charge in [0.05, 0.1) is 34.4 Å². The molecule has 0 saturated carbocycles. The Morgan fingerprint density at radius 1 is 0.833 bits per heavy atom. The molecule has 0 radical (unpaired) electrons. The molecule has 148 valence electrons. The third kappa shape index (κ3) is 3.22. The van der Waals surface area contributed by atoms with Crippen molar-refractivity contribution in [3.8, 4) is 33.8 Å². The number of alkyl halides is 3. The second-order valence-corrected chi connectivity index (χ2v) is 6.75. The molecule has 1 N–H and O–H groups in total. The van der Waals surface area contributed by atoms with Gasteiger partial charge in [0.25, 0.3) is 0 Å². The summed E-state index contributed by atoms with van der Waals surface area (Å²) >= 11 is 0. The van der Waals surface area contributed by atoms with Crippen molar-refractivity contribution in [1.29, 1.82) is 0 Å². The van der Waals surface area contributed by atoms with E-state index in [4.69, 9.17) is 0 Å². The van der Waals surface area contributed by atoms with E-state index >= 15 is 0 Å². The molecule has 0 saturated heterocycles. The standard InChI is InChI=1S/C22H14F3N5/c23-22(24,25)16-8-6-15(7-9-16)18-10-11-30-21(27-18)17(13-26-30)20-12-19(28-29-20)14-4-2-1-3-5-14/h1-13H,(H,28,29). The van der Waals surface area contributed by atoms with Gasteiger partial charge in [-0.1, -0.05) is 42.5 Å². The first-order valence-electron chi connectivity index (χ1n) is 9.12. The van der Waals surface area contributed by atoms with Crippen LogP contribution in [0.2, 0.25) is 0 Å². The molecule has 0 aliphatic rings. The molecule has 5 nitrogen and oxygen atoms in total. The minimum Gasteiger partial charge on any atom is -0.277 e. The molecule has 0 aliphatic heterocycles. The molecule has 0 fully saturated rings. The fourth-order valence-corrected chi connectivity index (χ4v) is 3.27. The maximum atomic E-state index is 12.8. The number of hydrogen-bond acceptors (Lipinski definition) is 3. The van der Waals surface area contributed by atoms with Crippen molar-refractivity contribution in [2.45, 2.75) is 6.18 Å². The van der Waals surface area contributed by atoms with Crippen LogP contribution in [0.3, 0.4) is 0 Å². The lowest BCUT2D eigenvalue weighted by atomic mass is 10.1. The predicted octanol–water partition coefficient (Wildman–Crippen LogP) is 5.47. The number of benzene rings is 2. The molecule has 0 unspecified atom stereocenters. The predicted molar refractivity (Wildman–Crippen MR) is 106 cm³/mol. The Kier molecular flexibility index (Phi) is 4.13. The van der Waals surface area contributed by atoms with Crippen molar-refractivity contribution < 1.29 is 13.2 Å². The molecule has 5 rings (SSSR count). The molecular weight excluding hydrogens is 391 g/mol. The van der Waals surface area contributed by atoms with Gasteiger partial charge in [-0.3, -0.25) is 5.10 Å². The average Bonchev–Trinajstić information content (AvgIpc) is 3.40. The Morgan fingerprint density at radius 3 is 2.30 bits per heavy atom. The topological polar surface area (TPSA) is 58.9 Å². The van der Waals surface area contributed by atoms with Crippen LogP contribution in [0.15, 0.2) is 79.1 Å². The number of nitrogens with one attached hydrogen (secondary N) is 1. The van der Waals surface area contributed by atoms with Gasteiger partial charge in [-0.15, -0.1) is 0 Å². The van der Waals surface area contributed by atoms with Gasteiger partial charge >= 0.3 is 6.18 Å². The van der Waals surface area contributed by atoms with Gasteiger partial charge in [0.1, 0.15) is 0 Å². The van der Waals surface area contributed by atoms with Crippen LogP contribution in [-0.4, -0.2) is 24.8 Å². The number of halogens is 3. The van der Waals surface area contributed by atoms with Crippen molar-refractivity contribution in [3.05, 3.63) is 84.7 Å². The zero-order valence-electron chi connectivity index (χ0n) is 15.4. The Morgan fingerprint density at radius 2 is 1.57 bits per heavy atom. The highest BCUT2D eigenvalue weighted by molar-refractivity contribution is 5.78. The molecule has 3 heterocycles. The van der Waals surface area contributed by atoms with Crippen molar-refractivity contribution in [2.75, 3.05) is 0 Å². The van der Waals surface area contributed by atoms with Crippen LogP contribution in [0.1, 0.15) is 5.56 Å². The molecule has 0 atom stereocenters. The van der Waals surface area contributed by atoms with Gasteiger partial charge in [0, 0.05) is 17.3 Å². The highest BCUT2D eigenvalue weighted by Gasteiger charge is 2.30. The van der Waals surface area contributed by atoms with Crippen LogP contribution in [0.4, 0.5) is 13.2 Å². The first-order valence-corrected chi connectivity index (χ1v) is 9.12. The summed E-state index contributed by atoms with van der Waals surface area (Å²) in [5.41, 5.74) is 4.31. The monoisotopic (exact) mass is 405 g/mol. The Hall–Kier alpha value is -3.94. The SMILES string of the molecule is FC(F)(F)c1ccc(-c2ccn3ncc(-c4cc(-c5ccccc5)n[nH]4)c3n2)cc1. The zero-order valence-corrected chi connectivity index (χ0v) is 15.4. The Labute approximate surface area is 168 Å². The quantitative estimate of drug-likeness (QED) is 0.433. The van der Waals surface area contributed by atoms with E-state index in [2.05, 4.69) is 20.3 Å². The van der Waals surface area contributed by atoms with E-state index < -0.39 is 11.7 Å². The number of rotatable bonds is 3. The molecule has 0 aliphatic carbocycles. The summed E-state index contributed by atoms with van der Waals surface area (Å²) < 4.78 is 40.1. The van der Waals surface area contributed by atoms with Gasteiger partial charge in [0.15, 0.2) is 5.65 Å². The highest BCUT2D eigenvalue weighted by atomic mass is 19.4. The van der Waals surface area contributed by atoms with Crippen molar-refractivity contribution >= 4 is 5.65 Å². The lowest BCUT2D eigenvalue weighted by Gasteiger charge is -2.07. The van der Waals surface area contributed by atoms with Crippen LogP contribution in [0.25, 0.3) is 39.4 Å². The van der Waals surface area contributed by atoms with E-state index in [1.807, 2.05) is 36.4 Å².